The van der Waals surface area contributed by atoms with Crippen molar-refractivity contribution in [2.75, 3.05) is 13.2 Å². The predicted molar refractivity (Wildman–Crippen MR) is 85.7 cm³/mol. The molecule has 0 aromatic heterocycles. The molecule has 1 atom stereocenters. The number of benzene rings is 1. The highest BCUT2D eigenvalue weighted by atomic mass is 16.6. The van der Waals surface area contributed by atoms with E-state index < -0.39 is 18.4 Å². The molecule has 25 heavy (non-hydrogen) atoms. The molecule has 8 nitrogen and oxygen atoms in total. The second kappa shape index (κ2) is 6.46. The molecule has 2 aliphatic rings. The van der Waals surface area contributed by atoms with Gasteiger partial charge in [0.15, 0.2) is 5.78 Å². The summed E-state index contributed by atoms with van der Waals surface area (Å²) in [6.07, 6.45) is -1.43. The molecule has 1 unspecified atom stereocenters. The zero-order valence-electron chi connectivity index (χ0n) is 14.1. The molecule has 132 valence electrons. The monoisotopic (exact) mass is 346 g/mol. The molecule has 1 aromatic rings. The fourth-order valence-electron chi connectivity index (χ4n) is 2.69. The first-order valence-corrected chi connectivity index (χ1v) is 7.93. The van der Waals surface area contributed by atoms with Crippen LogP contribution in [0.3, 0.4) is 0 Å². The lowest BCUT2D eigenvalue weighted by Gasteiger charge is -2.32. The average molecular weight is 346 g/mol. The van der Waals surface area contributed by atoms with Crippen LogP contribution in [-0.4, -0.2) is 47.4 Å². The number of hydrogen-bond acceptors (Lipinski definition) is 6. The maximum atomic E-state index is 12.8. The zero-order valence-corrected chi connectivity index (χ0v) is 14.1. The van der Waals surface area contributed by atoms with Crippen molar-refractivity contribution in [2.24, 2.45) is 0 Å². The maximum Gasteiger partial charge on any atom is 0.433 e. The Morgan fingerprint density at radius 3 is 2.52 bits per heavy atom. The highest BCUT2D eigenvalue weighted by molar-refractivity contribution is 6.13. The van der Waals surface area contributed by atoms with Crippen LogP contribution in [0.15, 0.2) is 30.0 Å². The maximum absolute atomic E-state index is 12.8. The van der Waals surface area contributed by atoms with Crippen molar-refractivity contribution in [3.8, 4) is 5.75 Å². The van der Waals surface area contributed by atoms with Gasteiger partial charge in [-0.3, -0.25) is 4.79 Å². The topological polar surface area (TPSA) is 85.4 Å². The Hall–Kier alpha value is -3.03. The summed E-state index contributed by atoms with van der Waals surface area (Å²) >= 11 is 0. The molecule has 0 bridgehead atoms. The fraction of sp³-hybridized carbons (Fsp3) is 0.353. The summed E-state index contributed by atoms with van der Waals surface area (Å²) in [7, 11) is 0. The first-order chi connectivity index (χ1) is 12.0. The molecule has 0 aliphatic carbocycles. The average Bonchev–Trinajstić information content (AvgIpc) is 2.96. The molecule has 2 heterocycles. The fourth-order valence-corrected chi connectivity index (χ4v) is 2.69. The minimum absolute atomic E-state index is 0.109. The van der Waals surface area contributed by atoms with Crippen molar-refractivity contribution in [3.63, 3.8) is 0 Å². The number of aryl methyl sites for hydroxylation is 1. The van der Waals surface area contributed by atoms with Crippen molar-refractivity contribution >= 4 is 18.0 Å². The third-order valence-electron chi connectivity index (χ3n) is 3.77. The SMILES string of the molecule is CCOC(=O)N1C=C2C(=O)c3cc(C)ccc3OC2N1C(=O)OCC. The molecule has 0 spiro atoms. The van der Waals surface area contributed by atoms with E-state index in [0.717, 1.165) is 15.6 Å². The van der Waals surface area contributed by atoms with Gasteiger partial charge >= 0.3 is 12.2 Å². The molecular weight excluding hydrogens is 328 g/mol. The van der Waals surface area contributed by atoms with E-state index in [2.05, 4.69) is 0 Å². The number of ketones is 1. The summed E-state index contributed by atoms with van der Waals surface area (Å²) in [5.74, 6) is 0.0359. The van der Waals surface area contributed by atoms with Crippen LogP contribution in [-0.2, 0) is 9.47 Å². The summed E-state index contributed by atoms with van der Waals surface area (Å²) in [5, 5.41) is 1.86. The number of carbonyl (C=O) groups is 3. The van der Waals surface area contributed by atoms with E-state index in [4.69, 9.17) is 14.2 Å². The molecule has 2 aliphatic heterocycles. The number of ether oxygens (including phenoxy) is 3. The Balaban J connectivity index is 2.02. The minimum atomic E-state index is -1.08. The van der Waals surface area contributed by atoms with Crippen molar-refractivity contribution in [3.05, 3.63) is 41.1 Å². The van der Waals surface area contributed by atoms with Crippen LogP contribution in [0, 0.1) is 6.92 Å². The van der Waals surface area contributed by atoms with Crippen LogP contribution < -0.4 is 4.74 Å². The van der Waals surface area contributed by atoms with E-state index >= 15 is 0 Å². The summed E-state index contributed by atoms with van der Waals surface area (Å²) in [5.41, 5.74) is 1.45. The van der Waals surface area contributed by atoms with E-state index in [9.17, 15) is 14.4 Å². The lowest BCUT2D eigenvalue weighted by Crippen LogP contribution is -2.52. The second-order valence-electron chi connectivity index (χ2n) is 5.47. The molecule has 0 N–H and O–H groups in total. The van der Waals surface area contributed by atoms with Crippen LogP contribution >= 0.6 is 0 Å². The van der Waals surface area contributed by atoms with Gasteiger partial charge in [0.2, 0.25) is 6.23 Å². The summed E-state index contributed by atoms with van der Waals surface area (Å²) in [4.78, 5) is 37.3. The number of fused-ring (bicyclic) bond motifs is 2. The molecule has 2 amide bonds. The van der Waals surface area contributed by atoms with Crippen molar-refractivity contribution in [1.29, 1.82) is 0 Å². The van der Waals surface area contributed by atoms with Gasteiger partial charge in [0.25, 0.3) is 0 Å². The Labute approximate surface area is 144 Å². The number of hydrazine groups is 1. The van der Waals surface area contributed by atoms with E-state index in [-0.39, 0.29) is 24.6 Å². The number of hydrogen-bond donors (Lipinski definition) is 0. The van der Waals surface area contributed by atoms with Gasteiger partial charge < -0.3 is 14.2 Å². The molecule has 0 fully saturated rings. The van der Waals surface area contributed by atoms with Gasteiger partial charge in [-0.2, -0.15) is 10.0 Å². The smallest absolute Gasteiger partial charge is 0.433 e. The van der Waals surface area contributed by atoms with E-state index in [1.165, 1.54) is 6.20 Å². The van der Waals surface area contributed by atoms with Gasteiger partial charge in [-0.15, -0.1) is 0 Å². The predicted octanol–water partition coefficient (Wildman–Crippen LogP) is 2.63. The molecule has 0 saturated heterocycles. The molecule has 3 rings (SSSR count). The van der Waals surface area contributed by atoms with Gasteiger partial charge in [0.05, 0.1) is 24.4 Å². The molecule has 0 saturated carbocycles. The van der Waals surface area contributed by atoms with Crippen molar-refractivity contribution in [1.82, 2.24) is 10.0 Å². The molecule has 0 radical (unpaired) electrons. The van der Waals surface area contributed by atoms with E-state index in [1.54, 1.807) is 32.0 Å². The van der Waals surface area contributed by atoms with Crippen LogP contribution in [0.1, 0.15) is 29.8 Å². The van der Waals surface area contributed by atoms with Crippen molar-refractivity contribution in [2.45, 2.75) is 27.0 Å². The van der Waals surface area contributed by atoms with Gasteiger partial charge in [-0.1, -0.05) is 11.6 Å². The van der Waals surface area contributed by atoms with Crippen LogP contribution in [0.2, 0.25) is 0 Å². The number of rotatable bonds is 2. The third kappa shape index (κ3) is 2.79. The zero-order chi connectivity index (χ0) is 18.1. The third-order valence-corrected chi connectivity index (χ3v) is 3.77. The van der Waals surface area contributed by atoms with Crippen molar-refractivity contribution < 1.29 is 28.6 Å². The number of nitrogens with zero attached hydrogens (tertiary/aromatic N) is 2. The highest BCUT2D eigenvalue weighted by Gasteiger charge is 2.48. The minimum Gasteiger partial charge on any atom is -0.463 e. The number of Topliss-reactive ketones (excluding diaryl/α,β-unsaturated/α-hetero) is 1. The lowest BCUT2D eigenvalue weighted by atomic mass is 9.98. The van der Waals surface area contributed by atoms with E-state index in [0.29, 0.717) is 11.3 Å². The molecular formula is C17H18N2O6. The van der Waals surface area contributed by atoms with Crippen LogP contribution in [0.25, 0.3) is 0 Å². The molecule has 8 heteroatoms. The van der Waals surface area contributed by atoms with Crippen LogP contribution in [0.5, 0.6) is 5.75 Å². The summed E-state index contributed by atoms with van der Waals surface area (Å²) in [6, 6.07) is 5.17. The van der Waals surface area contributed by atoms with E-state index in [1.807, 2.05) is 6.92 Å². The first-order valence-electron chi connectivity index (χ1n) is 7.93. The Morgan fingerprint density at radius 2 is 1.84 bits per heavy atom. The lowest BCUT2D eigenvalue weighted by molar-refractivity contribution is -0.0463. The van der Waals surface area contributed by atoms with Gasteiger partial charge in [0, 0.05) is 6.20 Å². The second-order valence-corrected chi connectivity index (χ2v) is 5.47. The largest absolute Gasteiger partial charge is 0.463 e. The summed E-state index contributed by atoms with van der Waals surface area (Å²) in [6.45, 7) is 5.37. The Morgan fingerprint density at radius 1 is 1.16 bits per heavy atom. The Kier molecular flexibility index (Phi) is 4.35. The summed E-state index contributed by atoms with van der Waals surface area (Å²) < 4.78 is 15.7. The number of amides is 2. The Bertz CT molecular complexity index is 772. The standard InChI is InChI=1S/C17H18N2O6/c1-4-23-16(21)18-9-12-14(20)11-8-10(3)6-7-13(11)25-15(12)19(18)17(22)24-5-2/h6-9,15H,4-5H2,1-3H3. The van der Waals surface area contributed by atoms with Gasteiger partial charge in [-0.25, -0.2) is 9.59 Å². The van der Waals surface area contributed by atoms with Crippen LogP contribution in [0.4, 0.5) is 9.59 Å². The quantitative estimate of drug-likeness (QED) is 0.818. The molecule has 1 aromatic carbocycles. The number of carbonyl (C=O) groups excluding carboxylic acids is 3. The van der Waals surface area contributed by atoms with Gasteiger partial charge in [-0.05, 0) is 32.9 Å². The highest BCUT2D eigenvalue weighted by Crippen LogP contribution is 2.37. The normalized spacial score (nSPS) is 18.1. The first kappa shape index (κ1) is 16.8. The van der Waals surface area contributed by atoms with Gasteiger partial charge in [0.1, 0.15) is 5.75 Å².